The summed E-state index contributed by atoms with van der Waals surface area (Å²) in [5, 5.41) is 11.5. The van der Waals surface area contributed by atoms with Gasteiger partial charge in [-0.05, 0) is 12.8 Å². The highest BCUT2D eigenvalue weighted by Crippen LogP contribution is 2.09. The smallest absolute Gasteiger partial charge is 0.326 e. The second kappa shape index (κ2) is 6.48. The molecule has 4 atom stereocenters. The van der Waals surface area contributed by atoms with E-state index in [0.717, 1.165) is 0 Å². The number of aliphatic carboxylic acids is 1. The first-order chi connectivity index (χ1) is 7.31. The summed E-state index contributed by atoms with van der Waals surface area (Å²) in [5.74, 6) is -1.78. The molecule has 4 N–H and O–H groups in total. The van der Waals surface area contributed by atoms with E-state index in [1.54, 1.807) is 20.8 Å². The maximum absolute atomic E-state index is 11.7. The molecule has 0 aromatic carbocycles. The van der Waals surface area contributed by atoms with Gasteiger partial charge in [0.15, 0.2) is 0 Å². The molecule has 0 saturated heterocycles. The van der Waals surface area contributed by atoms with Crippen molar-refractivity contribution >= 4 is 11.9 Å². The summed E-state index contributed by atoms with van der Waals surface area (Å²) in [6.07, 6.45) is 0.698. The van der Waals surface area contributed by atoms with E-state index in [9.17, 15) is 9.59 Å². The van der Waals surface area contributed by atoms with Crippen LogP contribution in [0.2, 0.25) is 0 Å². The van der Waals surface area contributed by atoms with Crippen LogP contribution in [0.25, 0.3) is 0 Å². The molecular weight excluding hydrogens is 208 g/mol. The third kappa shape index (κ3) is 4.18. The molecule has 0 fully saturated rings. The Morgan fingerprint density at radius 3 is 2.12 bits per heavy atom. The number of carboxylic acid groups (broad SMARTS) is 1. The molecule has 0 heterocycles. The predicted octanol–water partition coefficient (Wildman–Crippen LogP) is 0.585. The van der Waals surface area contributed by atoms with Crippen LogP contribution in [-0.4, -0.2) is 29.1 Å². The Kier molecular flexibility index (Phi) is 6.03. The first kappa shape index (κ1) is 14.9. The number of hydrogen-bond donors (Lipinski definition) is 3. The van der Waals surface area contributed by atoms with E-state index in [1.165, 1.54) is 0 Å². The predicted molar refractivity (Wildman–Crippen MR) is 61.8 cm³/mol. The molecule has 5 nitrogen and oxygen atoms in total. The molecule has 5 heteroatoms. The highest BCUT2D eigenvalue weighted by molar-refractivity contribution is 5.85. The van der Waals surface area contributed by atoms with Crippen LogP contribution < -0.4 is 11.1 Å². The number of nitrogens with two attached hydrogens (primary N) is 1. The van der Waals surface area contributed by atoms with Crippen LogP contribution in [0.5, 0.6) is 0 Å². The molecular formula is C11H22N2O3. The number of nitrogens with one attached hydrogen (secondary N) is 1. The van der Waals surface area contributed by atoms with E-state index in [2.05, 4.69) is 5.32 Å². The molecule has 0 bridgehead atoms. The largest absolute Gasteiger partial charge is 0.480 e. The standard InChI is InChI=1S/C11H22N2O3/c1-5-6(2)9(11(15)16)13-10(14)7(3)8(4)12/h6-9H,5,12H2,1-4H3,(H,13,14)(H,15,16). The van der Waals surface area contributed by atoms with Gasteiger partial charge in [-0.15, -0.1) is 0 Å². The average molecular weight is 230 g/mol. The van der Waals surface area contributed by atoms with Gasteiger partial charge in [-0.2, -0.15) is 0 Å². The van der Waals surface area contributed by atoms with Crippen molar-refractivity contribution < 1.29 is 14.7 Å². The summed E-state index contributed by atoms with van der Waals surface area (Å²) < 4.78 is 0. The second-order valence-corrected chi connectivity index (χ2v) is 4.36. The number of amides is 1. The molecule has 0 aromatic heterocycles. The number of hydrogen-bond acceptors (Lipinski definition) is 3. The van der Waals surface area contributed by atoms with Crippen LogP contribution in [0.4, 0.5) is 0 Å². The molecule has 0 aliphatic carbocycles. The highest BCUT2D eigenvalue weighted by Gasteiger charge is 2.28. The van der Waals surface area contributed by atoms with Crippen molar-refractivity contribution in [3.8, 4) is 0 Å². The summed E-state index contributed by atoms with van der Waals surface area (Å²) in [6.45, 7) is 7.11. The third-order valence-electron chi connectivity index (χ3n) is 2.98. The fourth-order valence-electron chi connectivity index (χ4n) is 1.21. The maximum Gasteiger partial charge on any atom is 0.326 e. The molecule has 1 amide bonds. The Bertz CT molecular complexity index is 254. The SMILES string of the molecule is CCC(C)C(NC(=O)C(C)C(C)N)C(=O)O. The van der Waals surface area contributed by atoms with E-state index in [0.29, 0.717) is 6.42 Å². The summed E-state index contributed by atoms with van der Waals surface area (Å²) >= 11 is 0. The Morgan fingerprint density at radius 1 is 1.31 bits per heavy atom. The zero-order chi connectivity index (χ0) is 12.9. The fourth-order valence-corrected chi connectivity index (χ4v) is 1.21. The Balaban J connectivity index is 4.52. The van der Waals surface area contributed by atoms with Gasteiger partial charge in [0.2, 0.25) is 5.91 Å². The Labute approximate surface area is 96.4 Å². The van der Waals surface area contributed by atoms with E-state index >= 15 is 0 Å². The van der Waals surface area contributed by atoms with Gasteiger partial charge in [0, 0.05) is 12.0 Å². The second-order valence-electron chi connectivity index (χ2n) is 4.36. The molecule has 4 unspecified atom stereocenters. The topological polar surface area (TPSA) is 92.4 Å². The fraction of sp³-hybridized carbons (Fsp3) is 0.818. The lowest BCUT2D eigenvalue weighted by atomic mass is 9.97. The first-order valence-electron chi connectivity index (χ1n) is 5.60. The van der Waals surface area contributed by atoms with E-state index in [1.807, 2.05) is 6.92 Å². The lowest BCUT2D eigenvalue weighted by Gasteiger charge is -2.23. The Hall–Kier alpha value is -1.10. The van der Waals surface area contributed by atoms with Gasteiger partial charge in [0.05, 0.1) is 0 Å². The van der Waals surface area contributed by atoms with Gasteiger partial charge in [-0.25, -0.2) is 4.79 Å². The highest BCUT2D eigenvalue weighted by atomic mass is 16.4. The minimum Gasteiger partial charge on any atom is -0.480 e. The van der Waals surface area contributed by atoms with Gasteiger partial charge in [0.1, 0.15) is 6.04 Å². The molecule has 0 aliphatic rings. The van der Waals surface area contributed by atoms with Crippen LogP contribution in [0, 0.1) is 11.8 Å². The van der Waals surface area contributed by atoms with Crippen LogP contribution in [-0.2, 0) is 9.59 Å². The lowest BCUT2D eigenvalue weighted by molar-refractivity contribution is -0.144. The molecule has 0 radical (unpaired) electrons. The van der Waals surface area contributed by atoms with Gasteiger partial charge in [-0.1, -0.05) is 27.2 Å². The molecule has 0 rings (SSSR count). The lowest BCUT2D eigenvalue weighted by Crippen LogP contribution is -2.49. The van der Waals surface area contributed by atoms with Crippen LogP contribution >= 0.6 is 0 Å². The van der Waals surface area contributed by atoms with Crippen molar-refractivity contribution in [3.63, 3.8) is 0 Å². The monoisotopic (exact) mass is 230 g/mol. The van der Waals surface area contributed by atoms with Crippen LogP contribution in [0.1, 0.15) is 34.1 Å². The van der Waals surface area contributed by atoms with Crippen LogP contribution in [0.3, 0.4) is 0 Å². The number of carbonyl (C=O) groups is 2. The third-order valence-corrected chi connectivity index (χ3v) is 2.98. The molecule has 0 aliphatic heterocycles. The van der Waals surface area contributed by atoms with Crippen molar-refractivity contribution in [1.82, 2.24) is 5.32 Å². The number of rotatable bonds is 6. The van der Waals surface area contributed by atoms with E-state index in [-0.39, 0.29) is 23.8 Å². The average Bonchev–Trinajstić information content (AvgIpc) is 2.22. The van der Waals surface area contributed by atoms with Gasteiger partial charge in [0.25, 0.3) is 0 Å². The van der Waals surface area contributed by atoms with Crippen molar-refractivity contribution in [1.29, 1.82) is 0 Å². The first-order valence-corrected chi connectivity index (χ1v) is 5.60. The molecule has 0 saturated carbocycles. The quantitative estimate of drug-likeness (QED) is 0.622. The van der Waals surface area contributed by atoms with Crippen molar-refractivity contribution in [2.75, 3.05) is 0 Å². The molecule has 0 aromatic rings. The molecule has 16 heavy (non-hydrogen) atoms. The van der Waals surface area contributed by atoms with Crippen LogP contribution in [0.15, 0.2) is 0 Å². The van der Waals surface area contributed by atoms with E-state index < -0.39 is 12.0 Å². The van der Waals surface area contributed by atoms with Crippen molar-refractivity contribution in [2.24, 2.45) is 17.6 Å². The maximum atomic E-state index is 11.7. The zero-order valence-electron chi connectivity index (χ0n) is 10.4. The summed E-state index contributed by atoms with van der Waals surface area (Å²) in [5.41, 5.74) is 5.59. The summed E-state index contributed by atoms with van der Waals surface area (Å²) in [6, 6.07) is -1.12. The van der Waals surface area contributed by atoms with Crippen molar-refractivity contribution in [2.45, 2.75) is 46.2 Å². The number of carboxylic acids is 1. The van der Waals surface area contributed by atoms with Gasteiger partial charge < -0.3 is 16.2 Å². The van der Waals surface area contributed by atoms with Gasteiger partial charge >= 0.3 is 5.97 Å². The minimum atomic E-state index is -1.00. The minimum absolute atomic E-state index is 0.0956. The summed E-state index contributed by atoms with van der Waals surface area (Å²) in [4.78, 5) is 22.6. The number of carbonyl (C=O) groups excluding carboxylic acids is 1. The van der Waals surface area contributed by atoms with E-state index in [4.69, 9.17) is 10.8 Å². The normalized spacial score (nSPS) is 18.3. The zero-order valence-corrected chi connectivity index (χ0v) is 10.4. The molecule has 0 spiro atoms. The summed E-state index contributed by atoms with van der Waals surface area (Å²) in [7, 11) is 0. The van der Waals surface area contributed by atoms with Crippen molar-refractivity contribution in [3.05, 3.63) is 0 Å². The Morgan fingerprint density at radius 2 is 1.81 bits per heavy atom. The van der Waals surface area contributed by atoms with Gasteiger partial charge in [-0.3, -0.25) is 4.79 Å². The molecule has 94 valence electrons.